The molecule has 3 aromatic rings. The lowest BCUT2D eigenvalue weighted by molar-refractivity contribution is -0.115. The van der Waals surface area contributed by atoms with Gasteiger partial charge in [-0.25, -0.2) is 13.8 Å². The molecule has 2 aromatic carbocycles. The lowest BCUT2D eigenvalue weighted by Gasteiger charge is -2.08. The van der Waals surface area contributed by atoms with Gasteiger partial charge in [-0.3, -0.25) is 9.59 Å². The molecule has 0 radical (unpaired) electrons. The van der Waals surface area contributed by atoms with Gasteiger partial charge in [0.05, 0.1) is 23.4 Å². The van der Waals surface area contributed by atoms with Crippen LogP contribution in [0.4, 0.5) is 14.5 Å². The number of hydrogen-bond donors (Lipinski definition) is 2. The summed E-state index contributed by atoms with van der Waals surface area (Å²) >= 11 is 7.12. The predicted octanol–water partition coefficient (Wildman–Crippen LogP) is 3.93. The van der Waals surface area contributed by atoms with Crippen LogP contribution in [0, 0.1) is 11.6 Å². The SMILES string of the molecule is NC(=O)c1cc(NC(=O)Cc2csc(COc3ccc(Cl)cc3)n2)c(F)cc1F. The number of ether oxygens (including phenoxy) is 1. The van der Waals surface area contributed by atoms with Gasteiger partial charge in [0.15, 0.2) is 0 Å². The van der Waals surface area contributed by atoms with Crippen LogP contribution in [0.3, 0.4) is 0 Å². The number of thiazole rings is 1. The van der Waals surface area contributed by atoms with Crippen molar-refractivity contribution in [2.75, 3.05) is 5.32 Å². The Morgan fingerprint density at radius 1 is 1.17 bits per heavy atom. The van der Waals surface area contributed by atoms with Crippen molar-refractivity contribution < 1.29 is 23.1 Å². The third-order valence-corrected chi connectivity index (χ3v) is 4.84. The molecule has 3 N–H and O–H groups in total. The maximum Gasteiger partial charge on any atom is 0.251 e. The molecule has 2 amide bonds. The van der Waals surface area contributed by atoms with Gasteiger partial charge in [0.25, 0.3) is 5.91 Å². The molecule has 3 rings (SSSR count). The van der Waals surface area contributed by atoms with Gasteiger partial charge in [-0.15, -0.1) is 11.3 Å². The van der Waals surface area contributed by atoms with Crippen LogP contribution in [0.15, 0.2) is 41.8 Å². The van der Waals surface area contributed by atoms with Crippen molar-refractivity contribution in [3.8, 4) is 5.75 Å². The number of nitrogens with zero attached hydrogens (tertiary/aromatic N) is 1. The number of aromatic nitrogens is 1. The third-order valence-electron chi connectivity index (χ3n) is 3.71. The number of rotatable bonds is 7. The Morgan fingerprint density at radius 3 is 2.59 bits per heavy atom. The van der Waals surface area contributed by atoms with Crippen LogP contribution in [-0.4, -0.2) is 16.8 Å². The van der Waals surface area contributed by atoms with Crippen LogP contribution in [-0.2, 0) is 17.8 Å². The first-order chi connectivity index (χ1) is 13.8. The molecule has 0 aliphatic heterocycles. The highest BCUT2D eigenvalue weighted by molar-refractivity contribution is 7.09. The number of primary amides is 1. The average molecular weight is 438 g/mol. The zero-order valence-electron chi connectivity index (χ0n) is 14.7. The zero-order chi connectivity index (χ0) is 21.0. The second-order valence-electron chi connectivity index (χ2n) is 5.88. The highest BCUT2D eigenvalue weighted by atomic mass is 35.5. The maximum absolute atomic E-state index is 13.8. The molecule has 1 heterocycles. The van der Waals surface area contributed by atoms with E-state index in [0.717, 1.165) is 6.07 Å². The molecule has 10 heteroatoms. The number of nitrogens with two attached hydrogens (primary N) is 1. The predicted molar refractivity (Wildman–Crippen MR) is 105 cm³/mol. The van der Waals surface area contributed by atoms with E-state index in [4.69, 9.17) is 22.1 Å². The normalized spacial score (nSPS) is 10.6. The third kappa shape index (κ3) is 5.49. The summed E-state index contributed by atoms with van der Waals surface area (Å²) in [6.45, 7) is 0.211. The van der Waals surface area contributed by atoms with E-state index in [1.807, 2.05) is 0 Å². The summed E-state index contributed by atoms with van der Waals surface area (Å²) in [5.41, 5.74) is 4.63. The van der Waals surface area contributed by atoms with Crippen LogP contribution in [0.25, 0.3) is 0 Å². The Kier molecular flexibility index (Phi) is 6.40. The monoisotopic (exact) mass is 437 g/mol. The molecule has 0 saturated heterocycles. The molecule has 0 fully saturated rings. The Labute approximate surface area is 173 Å². The minimum atomic E-state index is -1.10. The fraction of sp³-hybridized carbons (Fsp3) is 0.105. The van der Waals surface area contributed by atoms with E-state index >= 15 is 0 Å². The van der Waals surface area contributed by atoms with Gasteiger partial charge in [0.2, 0.25) is 5.91 Å². The highest BCUT2D eigenvalue weighted by Crippen LogP contribution is 2.21. The minimum absolute atomic E-state index is 0.139. The Hall–Kier alpha value is -3.04. The van der Waals surface area contributed by atoms with E-state index in [-0.39, 0.29) is 18.7 Å². The molecule has 0 saturated carbocycles. The standard InChI is InChI=1S/C19H14ClF2N3O3S/c20-10-1-3-12(4-2-10)28-8-18-24-11(9-29-18)5-17(26)25-16-6-13(19(23)27)14(21)7-15(16)22/h1-4,6-7,9H,5,8H2,(H2,23,27)(H,25,26). The van der Waals surface area contributed by atoms with Crippen molar-refractivity contribution in [3.63, 3.8) is 0 Å². The fourth-order valence-corrected chi connectivity index (χ4v) is 3.20. The van der Waals surface area contributed by atoms with Crippen molar-refractivity contribution in [2.24, 2.45) is 5.73 Å². The zero-order valence-corrected chi connectivity index (χ0v) is 16.3. The summed E-state index contributed by atoms with van der Waals surface area (Å²) in [4.78, 5) is 27.6. The second-order valence-corrected chi connectivity index (χ2v) is 7.26. The summed E-state index contributed by atoms with van der Waals surface area (Å²) in [7, 11) is 0. The van der Waals surface area contributed by atoms with Crippen LogP contribution in [0.5, 0.6) is 5.75 Å². The van der Waals surface area contributed by atoms with Gasteiger partial charge < -0.3 is 15.8 Å². The summed E-state index contributed by atoms with van der Waals surface area (Å²) in [6.07, 6.45) is -0.139. The molecule has 0 aliphatic rings. The molecule has 0 aliphatic carbocycles. The topological polar surface area (TPSA) is 94.3 Å². The average Bonchev–Trinajstić information content (AvgIpc) is 3.10. The maximum atomic E-state index is 13.8. The lowest BCUT2D eigenvalue weighted by atomic mass is 10.1. The van der Waals surface area contributed by atoms with Crippen molar-refractivity contribution in [3.05, 3.63) is 74.7 Å². The number of hydrogen-bond acceptors (Lipinski definition) is 5. The van der Waals surface area contributed by atoms with Crippen molar-refractivity contribution >= 4 is 40.4 Å². The smallest absolute Gasteiger partial charge is 0.251 e. The molecule has 150 valence electrons. The number of anilines is 1. The summed E-state index contributed by atoms with van der Waals surface area (Å²) in [6, 6.07) is 8.20. The van der Waals surface area contributed by atoms with Gasteiger partial charge in [0.1, 0.15) is 29.0 Å². The van der Waals surface area contributed by atoms with Crippen LogP contribution < -0.4 is 15.8 Å². The molecule has 0 atom stereocenters. The van der Waals surface area contributed by atoms with Crippen molar-refractivity contribution in [1.82, 2.24) is 4.98 Å². The van der Waals surface area contributed by atoms with Crippen LogP contribution in [0.1, 0.15) is 21.1 Å². The fourth-order valence-electron chi connectivity index (χ4n) is 2.36. The number of benzene rings is 2. The van der Waals surface area contributed by atoms with Crippen LogP contribution in [0.2, 0.25) is 5.02 Å². The van der Waals surface area contributed by atoms with E-state index in [1.54, 1.807) is 29.6 Å². The quantitative estimate of drug-likeness (QED) is 0.585. The van der Waals surface area contributed by atoms with Crippen molar-refractivity contribution in [2.45, 2.75) is 13.0 Å². The van der Waals surface area contributed by atoms with E-state index < -0.39 is 29.0 Å². The summed E-state index contributed by atoms with van der Waals surface area (Å²) < 4.78 is 32.9. The van der Waals surface area contributed by atoms with Gasteiger partial charge >= 0.3 is 0 Å². The van der Waals surface area contributed by atoms with Gasteiger partial charge in [-0.1, -0.05) is 11.6 Å². The first-order valence-corrected chi connectivity index (χ1v) is 9.48. The number of carbonyl (C=O) groups is 2. The Morgan fingerprint density at radius 2 is 1.90 bits per heavy atom. The first kappa shape index (κ1) is 20.7. The van der Waals surface area contributed by atoms with Gasteiger partial charge in [-0.2, -0.15) is 0 Å². The highest BCUT2D eigenvalue weighted by Gasteiger charge is 2.16. The Balaban J connectivity index is 1.59. The second kappa shape index (κ2) is 8.97. The Bertz CT molecular complexity index is 1060. The largest absolute Gasteiger partial charge is 0.486 e. The summed E-state index contributed by atoms with van der Waals surface area (Å²) in [5.74, 6) is -3.14. The minimum Gasteiger partial charge on any atom is -0.486 e. The molecule has 0 unspecified atom stereocenters. The summed E-state index contributed by atoms with van der Waals surface area (Å²) in [5, 5.41) is 5.21. The first-order valence-electron chi connectivity index (χ1n) is 8.22. The molecule has 1 aromatic heterocycles. The molecular formula is C19H14ClF2N3O3S. The van der Waals surface area contributed by atoms with E-state index in [0.29, 0.717) is 27.5 Å². The van der Waals surface area contributed by atoms with E-state index in [1.165, 1.54) is 11.3 Å². The number of amides is 2. The molecule has 0 bridgehead atoms. The van der Waals surface area contributed by atoms with E-state index in [9.17, 15) is 18.4 Å². The van der Waals surface area contributed by atoms with Crippen LogP contribution >= 0.6 is 22.9 Å². The molecule has 29 heavy (non-hydrogen) atoms. The van der Waals surface area contributed by atoms with Gasteiger partial charge in [-0.05, 0) is 30.3 Å². The van der Waals surface area contributed by atoms with Gasteiger partial charge in [0, 0.05) is 16.5 Å². The lowest BCUT2D eigenvalue weighted by Crippen LogP contribution is -2.18. The van der Waals surface area contributed by atoms with E-state index in [2.05, 4.69) is 10.3 Å². The number of halogens is 3. The van der Waals surface area contributed by atoms with Crippen molar-refractivity contribution in [1.29, 1.82) is 0 Å². The molecular weight excluding hydrogens is 424 g/mol. The number of nitrogens with one attached hydrogen (secondary N) is 1. The number of carbonyl (C=O) groups excluding carboxylic acids is 2. The molecule has 6 nitrogen and oxygen atoms in total. The molecule has 0 spiro atoms.